The number of amides is 1. The first-order valence-corrected chi connectivity index (χ1v) is 7.49. The number of nitrogens with zero attached hydrogens (tertiary/aromatic N) is 4. The number of nitrogens with one attached hydrogen (secondary N) is 1. The molecule has 23 heavy (non-hydrogen) atoms. The normalized spacial score (nSPS) is 12.1. The molecule has 0 saturated heterocycles. The van der Waals surface area contributed by atoms with Crippen molar-refractivity contribution in [1.29, 1.82) is 0 Å². The molecular weight excluding hydrogens is 298 g/mol. The van der Waals surface area contributed by atoms with Crippen LogP contribution in [-0.2, 0) is 17.9 Å². The summed E-state index contributed by atoms with van der Waals surface area (Å²) >= 11 is 0. The predicted molar refractivity (Wildman–Crippen MR) is 83.0 cm³/mol. The van der Waals surface area contributed by atoms with E-state index in [1.807, 2.05) is 25.5 Å². The molecule has 124 valence electrons. The molecule has 1 unspecified atom stereocenters. The molecule has 0 aliphatic carbocycles. The summed E-state index contributed by atoms with van der Waals surface area (Å²) in [4.78, 5) is 22.8. The number of aliphatic carboxylic acids is 1. The van der Waals surface area contributed by atoms with Gasteiger partial charge in [-0.25, -0.2) is 0 Å². The Kier molecular flexibility index (Phi) is 5.15. The van der Waals surface area contributed by atoms with Crippen molar-refractivity contribution in [2.75, 3.05) is 0 Å². The second-order valence-electron chi connectivity index (χ2n) is 5.33. The molecule has 8 nitrogen and oxygen atoms in total. The van der Waals surface area contributed by atoms with E-state index in [2.05, 4.69) is 15.5 Å². The van der Waals surface area contributed by atoms with Crippen LogP contribution >= 0.6 is 0 Å². The molecule has 0 fully saturated rings. The maximum atomic E-state index is 12.3. The van der Waals surface area contributed by atoms with Crippen LogP contribution in [0.25, 0.3) is 0 Å². The van der Waals surface area contributed by atoms with Crippen molar-refractivity contribution >= 4 is 11.9 Å². The average molecular weight is 319 g/mol. The number of carboxylic acid groups (broad SMARTS) is 1. The Labute approximate surface area is 134 Å². The first-order valence-electron chi connectivity index (χ1n) is 7.49. The quantitative estimate of drug-likeness (QED) is 0.802. The Morgan fingerprint density at radius 1 is 1.35 bits per heavy atom. The number of hydrogen-bond donors (Lipinski definition) is 2. The van der Waals surface area contributed by atoms with Gasteiger partial charge in [-0.2, -0.15) is 10.2 Å². The SMILES string of the molecule is CCn1ncc(C(C)NC(=O)c2cnn(CCC(=O)O)c2)c1C. The molecule has 0 aromatic carbocycles. The summed E-state index contributed by atoms with van der Waals surface area (Å²) in [6, 6.07) is -0.176. The zero-order chi connectivity index (χ0) is 17.0. The molecule has 0 bridgehead atoms. The number of rotatable bonds is 7. The summed E-state index contributed by atoms with van der Waals surface area (Å²) in [5, 5.41) is 19.8. The van der Waals surface area contributed by atoms with E-state index in [0.29, 0.717) is 5.56 Å². The molecule has 0 spiro atoms. The summed E-state index contributed by atoms with van der Waals surface area (Å²) in [6.45, 7) is 6.90. The summed E-state index contributed by atoms with van der Waals surface area (Å²) in [5.74, 6) is -1.15. The monoisotopic (exact) mass is 319 g/mol. The van der Waals surface area contributed by atoms with Gasteiger partial charge in [0.05, 0.1) is 37.0 Å². The standard InChI is InChI=1S/C15H21N5O3/c1-4-20-11(3)13(8-17-20)10(2)18-15(23)12-7-16-19(9-12)6-5-14(21)22/h7-10H,4-6H2,1-3H3,(H,18,23)(H,21,22). The van der Waals surface area contributed by atoms with Crippen molar-refractivity contribution in [3.05, 3.63) is 35.4 Å². The molecule has 0 aliphatic rings. The third-order valence-electron chi connectivity index (χ3n) is 3.70. The largest absolute Gasteiger partial charge is 0.481 e. The predicted octanol–water partition coefficient (Wildman–Crippen LogP) is 1.37. The first-order chi connectivity index (χ1) is 10.9. The zero-order valence-electron chi connectivity index (χ0n) is 13.5. The van der Waals surface area contributed by atoms with Crippen molar-refractivity contribution in [1.82, 2.24) is 24.9 Å². The Bertz CT molecular complexity index is 704. The lowest BCUT2D eigenvalue weighted by Gasteiger charge is -2.13. The molecule has 2 aromatic heterocycles. The van der Waals surface area contributed by atoms with Gasteiger partial charge in [0.2, 0.25) is 0 Å². The molecular formula is C15H21N5O3. The average Bonchev–Trinajstić information content (AvgIpc) is 3.11. The van der Waals surface area contributed by atoms with Crippen molar-refractivity contribution < 1.29 is 14.7 Å². The Hall–Kier alpha value is -2.64. The minimum atomic E-state index is -0.900. The smallest absolute Gasteiger partial charge is 0.305 e. The third-order valence-corrected chi connectivity index (χ3v) is 3.70. The molecule has 2 aromatic rings. The minimum Gasteiger partial charge on any atom is -0.481 e. The van der Waals surface area contributed by atoms with Crippen LogP contribution in [0.5, 0.6) is 0 Å². The number of carboxylic acids is 1. The highest BCUT2D eigenvalue weighted by atomic mass is 16.4. The van der Waals surface area contributed by atoms with Crippen LogP contribution in [0.15, 0.2) is 18.6 Å². The molecule has 0 aliphatic heterocycles. The summed E-state index contributed by atoms with van der Waals surface area (Å²) in [7, 11) is 0. The van der Waals surface area contributed by atoms with E-state index in [-0.39, 0.29) is 24.9 Å². The lowest BCUT2D eigenvalue weighted by molar-refractivity contribution is -0.137. The fourth-order valence-corrected chi connectivity index (χ4v) is 2.38. The number of hydrogen-bond acceptors (Lipinski definition) is 4. The highest BCUT2D eigenvalue weighted by molar-refractivity contribution is 5.93. The van der Waals surface area contributed by atoms with Gasteiger partial charge >= 0.3 is 5.97 Å². The van der Waals surface area contributed by atoms with Gasteiger partial charge in [-0.15, -0.1) is 0 Å². The maximum absolute atomic E-state index is 12.3. The van der Waals surface area contributed by atoms with Crippen LogP contribution in [0, 0.1) is 6.92 Å². The fraction of sp³-hybridized carbons (Fsp3) is 0.467. The van der Waals surface area contributed by atoms with Crippen LogP contribution in [0.3, 0.4) is 0 Å². The maximum Gasteiger partial charge on any atom is 0.305 e. The van der Waals surface area contributed by atoms with Crippen LogP contribution in [-0.4, -0.2) is 36.5 Å². The van der Waals surface area contributed by atoms with Gasteiger partial charge in [0, 0.05) is 24.0 Å². The summed E-state index contributed by atoms with van der Waals surface area (Å²) in [5.41, 5.74) is 2.40. The molecule has 2 rings (SSSR count). The van der Waals surface area contributed by atoms with E-state index in [1.165, 1.54) is 10.9 Å². The van der Waals surface area contributed by atoms with Crippen molar-refractivity contribution in [3.63, 3.8) is 0 Å². The Morgan fingerprint density at radius 3 is 2.70 bits per heavy atom. The van der Waals surface area contributed by atoms with Crippen molar-refractivity contribution in [2.24, 2.45) is 0 Å². The van der Waals surface area contributed by atoms with E-state index >= 15 is 0 Å². The number of carbonyl (C=O) groups excluding carboxylic acids is 1. The minimum absolute atomic E-state index is 0.0332. The highest BCUT2D eigenvalue weighted by Gasteiger charge is 2.17. The van der Waals surface area contributed by atoms with Gasteiger partial charge in [0.25, 0.3) is 5.91 Å². The van der Waals surface area contributed by atoms with Gasteiger partial charge in [0.15, 0.2) is 0 Å². The molecule has 8 heteroatoms. The molecule has 0 saturated carbocycles. The van der Waals surface area contributed by atoms with E-state index in [1.54, 1.807) is 12.4 Å². The second kappa shape index (κ2) is 7.08. The van der Waals surface area contributed by atoms with E-state index in [9.17, 15) is 9.59 Å². The van der Waals surface area contributed by atoms with Crippen LogP contribution in [0.1, 0.15) is 47.9 Å². The van der Waals surface area contributed by atoms with E-state index < -0.39 is 5.97 Å². The van der Waals surface area contributed by atoms with Crippen LogP contribution in [0.4, 0.5) is 0 Å². The zero-order valence-corrected chi connectivity index (χ0v) is 13.5. The summed E-state index contributed by atoms with van der Waals surface area (Å²) < 4.78 is 3.33. The number of carbonyl (C=O) groups is 2. The number of aryl methyl sites for hydroxylation is 2. The molecule has 1 atom stereocenters. The van der Waals surface area contributed by atoms with Crippen molar-refractivity contribution in [3.8, 4) is 0 Å². The van der Waals surface area contributed by atoms with Crippen LogP contribution < -0.4 is 5.32 Å². The lowest BCUT2D eigenvalue weighted by atomic mass is 10.1. The number of aromatic nitrogens is 4. The molecule has 0 radical (unpaired) electrons. The molecule has 2 heterocycles. The lowest BCUT2D eigenvalue weighted by Crippen LogP contribution is -2.26. The van der Waals surface area contributed by atoms with Gasteiger partial charge in [-0.3, -0.25) is 19.0 Å². The molecule has 1 amide bonds. The fourth-order valence-electron chi connectivity index (χ4n) is 2.38. The highest BCUT2D eigenvalue weighted by Crippen LogP contribution is 2.17. The van der Waals surface area contributed by atoms with E-state index in [0.717, 1.165) is 17.8 Å². The van der Waals surface area contributed by atoms with Crippen LogP contribution in [0.2, 0.25) is 0 Å². The van der Waals surface area contributed by atoms with Crippen molar-refractivity contribution in [2.45, 2.75) is 46.3 Å². The second-order valence-corrected chi connectivity index (χ2v) is 5.33. The summed E-state index contributed by atoms with van der Waals surface area (Å²) in [6.07, 6.45) is 4.72. The third kappa shape index (κ3) is 3.97. The van der Waals surface area contributed by atoms with E-state index in [4.69, 9.17) is 5.11 Å². The van der Waals surface area contributed by atoms with Gasteiger partial charge in [-0.05, 0) is 20.8 Å². The molecule has 2 N–H and O–H groups in total. The Balaban J connectivity index is 2.00. The first kappa shape index (κ1) is 16.7. The van der Waals surface area contributed by atoms with Gasteiger partial charge in [0.1, 0.15) is 0 Å². The Morgan fingerprint density at radius 2 is 2.09 bits per heavy atom. The topological polar surface area (TPSA) is 102 Å². The van der Waals surface area contributed by atoms with Gasteiger partial charge < -0.3 is 10.4 Å². The van der Waals surface area contributed by atoms with Gasteiger partial charge in [-0.1, -0.05) is 0 Å².